The summed E-state index contributed by atoms with van der Waals surface area (Å²) in [6.45, 7) is 1.63. The Morgan fingerprint density at radius 3 is 2.42 bits per heavy atom. The smallest absolute Gasteiger partial charge is 0.272 e. The van der Waals surface area contributed by atoms with Crippen LogP contribution in [0.4, 0.5) is 20.2 Å². The lowest BCUT2D eigenvalue weighted by atomic mass is 10.2. The zero-order valence-electron chi connectivity index (χ0n) is 16.4. The minimum atomic E-state index is -0.742. The highest BCUT2D eigenvalue weighted by atomic mass is 19.1. The van der Waals surface area contributed by atoms with Gasteiger partial charge in [-0.15, -0.1) is 0 Å². The summed E-state index contributed by atoms with van der Waals surface area (Å²) < 4.78 is 30.0. The van der Waals surface area contributed by atoms with Crippen LogP contribution in [-0.4, -0.2) is 15.4 Å². The van der Waals surface area contributed by atoms with Crippen molar-refractivity contribution in [3.8, 4) is 0 Å². The average molecular weight is 421 g/mol. The number of anilines is 1. The molecule has 0 radical (unpaired) electrons. The van der Waals surface area contributed by atoms with Crippen LogP contribution in [0, 0.1) is 28.7 Å². The number of halogens is 2. The van der Waals surface area contributed by atoms with Gasteiger partial charge in [-0.1, -0.05) is 18.2 Å². The van der Waals surface area contributed by atoms with E-state index in [2.05, 4.69) is 5.32 Å². The first-order valence-corrected chi connectivity index (χ1v) is 9.42. The number of rotatable bonds is 5. The number of nitrogens with zero attached hydrogens (tertiary/aromatic N) is 2. The first-order chi connectivity index (χ1) is 14.8. The molecule has 8 heteroatoms. The van der Waals surface area contributed by atoms with Crippen LogP contribution in [0.2, 0.25) is 0 Å². The van der Waals surface area contributed by atoms with Crippen molar-refractivity contribution in [1.29, 1.82) is 0 Å². The highest BCUT2D eigenvalue weighted by Crippen LogP contribution is 2.27. The molecule has 0 spiro atoms. The Bertz CT molecular complexity index is 1310. The molecule has 1 N–H and O–H groups in total. The first kappa shape index (κ1) is 20.2. The summed E-state index contributed by atoms with van der Waals surface area (Å²) in [4.78, 5) is 23.6. The molecule has 0 aliphatic rings. The third-order valence-corrected chi connectivity index (χ3v) is 4.98. The van der Waals surface area contributed by atoms with Crippen LogP contribution in [0.3, 0.4) is 0 Å². The number of amides is 1. The van der Waals surface area contributed by atoms with Crippen molar-refractivity contribution in [3.63, 3.8) is 0 Å². The fourth-order valence-electron chi connectivity index (χ4n) is 3.49. The highest BCUT2D eigenvalue weighted by Gasteiger charge is 2.20. The van der Waals surface area contributed by atoms with Gasteiger partial charge in [0.05, 0.1) is 11.5 Å². The van der Waals surface area contributed by atoms with Gasteiger partial charge in [0, 0.05) is 34.3 Å². The van der Waals surface area contributed by atoms with Gasteiger partial charge in [-0.25, -0.2) is 8.78 Å². The second-order valence-corrected chi connectivity index (χ2v) is 7.14. The monoisotopic (exact) mass is 421 g/mol. The molecule has 0 saturated carbocycles. The van der Waals surface area contributed by atoms with Crippen molar-refractivity contribution in [2.75, 3.05) is 5.32 Å². The van der Waals surface area contributed by atoms with Gasteiger partial charge < -0.3 is 9.88 Å². The van der Waals surface area contributed by atoms with Crippen LogP contribution in [-0.2, 0) is 6.54 Å². The number of fused-ring (bicyclic) bond motifs is 1. The van der Waals surface area contributed by atoms with Crippen LogP contribution in [0.5, 0.6) is 0 Å². The van der Waals surface area contributed by atoms with Crippen molar-refractivity contribution < 1.29 is 18.5 Å². The summed E-state index contributed by atoms with van der Waals surface area (Å²) in [6.07, 6.45) is 0. The Labute approximate surface area is 175 Å². The molecule has 0 bridgehead atoms. The normalized spacial score (nSPS) is 10.9. The molecule has 6 nitrogen and oxygen atoms in total. The minimum Gasteiger partial charge on any atom is -0.332 e. The third-order valence-electron chi connectivity index (χ3n) is 4.98. The van der Waals surface area contributed by atoms with Gasteiger partial charge in [-0.05, 0) is 48.9 Å². The number of nitro groups is 1. The third kappa shape index (κ3) is 4.00. The van der Waals surface area contributed by atoms with E-state index >= 15 is 0 Å². The topological polar surface area (TPSA) is 77.2 Å². The molecule has 0 fully saturated rings. The summed E-state index contributed by atoms with van der Waals surface area (Å²) in [5, 5.41) is 14.3. The molecule has 0 aliphatic heterocycles. The lowest BCUT2D eigenvalue weighted by Crippen LogP contribution is -2.18. The van der Waals surface area contributed by atoms with E-state index in [1.165, 1.54) is 34.9 Å². The second kappa shape index (κ2) is 7.98. The lowest BCUT2D eigenvalue weighted by molar-refractivity contribution is -0.384. The van der Waals surface area contributed by atoms with E-state index in [-0.39, 0.29) is 23.5 Å². The van der Waals surface area contributed by atoms with Gasteiger partial charge in [0.25, 0.3) is 11.6 Å². The fourth-order valence-corrected chi connectivity index (χ4v) is 3.49. The Balaban J connectivity index is 1.83. The summed E-state index contributed by atoms with van der Waals surface area (Å²) in [5.74, 6) is -1.98. The molecule has 4 rings (SSSR count). The van der Waals surface area contributed by atoms with E-state index < -0.39 is 22.5 Å². The van der Waals surface area contributed by atoms with Gasteiger partial charge >= 0.3 is 0 Å². The van der Waals surface area contributed by atoms with Crippen LogP contribution in [0.1, 0.15) is 21.6 Å². The summed E-state index contributed by atoms with van der Waals surface area (Å²) in [6, 6.07) is 16.3. The SMILES string of the molecule is Cc1cccc(NC(=O)c2cc3cc([N+](=O)[O-])ccc3n2Cc2c(F)cccc2F)c1. The Morgan fingerprint density at radius 2 is 1.74 bits per heavy atom. The number of carbonyl (C=O) groups is 1. The number of carbonyl (C=O) groups excluding carboxylic acids is 1. The van der Waals surface area contributed by atoms with Crippen molar-refractivity contribution in [2.24, 2.45) is 0 Å². The maximum atomic E-state index is 14.3. The molecule has 4 aromatic rings. The molecule has 1 heterocycles. The van der Waals surface area contributed by atoms with Crippen molar-refractivity contribution in [2.45, 2.75) is 13.5 Å². The standard InChI is InChI=1S/C23H17F2N3O3/c1-14-4-2-5-16(10-14)26-23(29)22-12-15-11-17(28(30)31)8-9-21(15)27(22)13-18-19(24)6-3-7-20(18)25/h2-12H,13H2,1H3,(H,26,29). The molecule has 1 amide bonds. The molecule has 0 aliphatic carbocycles. The number of hydrogen-bond donors (Lipinski definition) is 1. The predicted octanol–water partition coefficient (Wildman–Crippen LogP) is 5.44. The average Bonchev–Trinajstić information content (AvgIpc) is 3.08. The zero-order chi connectivity index (χ0) is 22.1. The number of nitro benzene ring substituents is 1. The summed E-state index contributed by atoms with van der Waals surface area (Å²) >= 11 is 0. The maximum Gasteiger partial charge on any atom is 0.272 e. The van der Waals surface area contributed by atoms with E-state index in [0.29, 0.717) is 16.6 Å². The quantitative estimate of drug-likeness (QED) is 0.344. The van der Waals surface area contributed by atoms with Crippen molar-refractivity contribution in [3.05, 3.63) is 105 Å². The molecule has 3 aromatic carbocycles. The summed E-state index contributed by atoms with van der Waals surface area (Å²) in [7, 11) is 0. The molecule has 0 saturated heterocycles. The Kier molecular flexibility index (Phi) is 5.21. The number of non-ortho nitro benzene ring substituents is 1. The first-order valence-electron chi connectivity index (χ1n) is 9.42. The largest absolute Gasteiger partial charge is 0.332 e. The van der Waals surface area contributed by atoms with Crippen LogP contribution in [0.25, 0.3) is 10.9 Å². The lowest BCUT2D eigenvalue weighted by Gasteiger charge is -2.13. The van der Waals surface area contributed by atoms with Crippen molar-refractivity contribution >= 4 is 28.2 Å². The van der Waals surface area contributed by atoms with Gasteiger partial charge in [0.15, 0.2) is 0 Å². The zero-order valence-corrected chi connectivity index (χ0v) is 16.4. The van der Waals surface area contributed by atoms with Gasteiger partial charge in [-0.2, -0.15) is 0 Å². The molecule has 0 atom stereocenters. The molecule has 1 aromatic heterocycles. The highest BCUT2D eigenvalue weighted by molar-refractivity contribution is 6.06. The minimum absolute atomic E-state index is 0.125. The molecule has 31 heavy (non-hydrogen) atoms. The molecular formula is C23H17F2N3O3. The number of aryl methyl sites for hydroxylation is 1. The molecule has 0 unspecified atom stereocenters. The van der Waals surface area contributed by atoms with Crippen LogP contribution < -0.4 is 5.32 Å². The molecular weight excluding hydrogens is 404 g/mol. The number of benzene rings is 3. The number of aromatic nitrogens is 1. The van der Waals surface area contributed by atoms with Gasteiger partial charge in [-0.3, -0.25) is 14.9 Å². The fraction of sp³-hybridized carbons (Fsp3) is 0.0870. The Morgan fingerprint density at radius 1 is 1.03 bits per heavy atom. The Hall–Kier alpha value is -4.07. The molecule has 156 valence electrons. The van der Waals surface area contributed by atoms with E-state index in [0.717, 1.165) is 17.7 Å². The van der Waals surface area contributed by atoms with E-state index in [9.17, 15) is 23.7 Å². The maximum absolute atomic E-state index is 14.3. The summed E-state index contributed by atoms with van der Waals surface area (Å²) in [5.41, 5.74) is 1.73. The van der Waals surface area contributed by atoms with Crippen LogP contribution in [0.15, 0.2) is 66.7 Å². The van der Waals surface area contributed by atoms with Gasteiger partial charge in [0.2, 0.25) is 0 Å². The number of hydrogen-bond acceptors (Lipinski definition) is 3. The number of nitrogens with one attached hydrogen (secondary N) is 1. The second-order valence-electron chi connectivity index (χ2n) is 7.14. The van der Waals surface area contributed by atoms with E-state index in [4.69, 9.17) is 0 Å². The van der Waals surface area contributed by atoms with Gasteiger partial charge in [0.1, 0.15) is 17.3 Å². The van der Waals surface area contributed by atoms with Crippen molar-refractivity contribution in [1.82, 2.24) is 4.57 Å². The van der Waals surface area contributed by atoms with E-state index in [1.54, 1.807) is 18.2 Å². The van der Waals surface area contributed by atoms with Crippen LogP contribution >= 0.6 is 0 Å². The van der Waals surface area contributed by atoms with E-state index in [1.807, 2.05) is 13.0 Å². The predicted molar refractivity (Wildman–Crippen MR) is 113 cm³/mol.